The zero-order valence-corrected chi connectivity index (χ0v) is 19.5. The van der Waals surface area contributed by atoms with E-state index in [4.69, 9.17) is 0 Å². The lowest BCUT2D eigenvalue weighted by Crippen LogP contribution is -2.32. The molecule has 1 N–H and O–H groups in total. The average Bonchev–Trinajstić information content (AvgIpc) is 3.47. The number of thiazole rings is 1. The molecule has 2 aromatic heterocycles. The third-order valence-electron chi connectivity index (χ3n) is 5.70. The lowest BCUT2D eigenvalue weighted by Gasteiger charge is -2.19. The van der Waals surface area contributed by atoms with E-state index in [2.05, 4.69) is 20.6 Å². The van der Waals surface area contributed by atoms with Crippen LogP contribution in [-0.2, 0) is 22.6 Å². The van der Waals surface area contributed by atoms with Gasteiger partial charge in [0, 0.05) is 29.1 Å². The van der Waals surface area contributed by atoms with Crippen LogP contribution in [0.3, 0.4) is 0 Å². The molecular formula is C24H22N6O3S. The van der Waals surface area contributed by atoms with Gasteiger partial charge in [0.05, 0.1) is 11.1 Å². The number of benzene rings is 2. The molecule has 0 spiro atoms. The lowest BCUT2D eigenvalue weighted by atomic mass is 10.1. The number of rotatable bonds is 5. The van der Waals surface area contributed by atoms with Gasteiger partial charge in [0.2, 0.25) is 11.8 Å². The van der Waals surface area contributed by atoms with Crippen LogP contribution in [0, 0.1) is 5.92 Å². The minimum Gasteiger partial charge on any atom is -0.312 e. The SMILES string of the molecule is CC(C)C(=O)N1CCc2cc(-c3csc(NC(=O)Cn4nnc5ccccc5c4=O)n3)ccc21. The second kappa shape index (κ2) is 8.79. The van der Waals surface area contributed by atoms with E-state index in [1.807, 2.05) is 42.3 Å². The fraction of sp³-hybridized carbons (Fsp3) is 0.250. The number of anilines is 2. The van der Waals surface area contributed by atoms with E-state index >= 15 is 0 Å². The van der Waals surface area contributed by atoms with E-state index < -0.39 is 5.91 Å². The molecule has 0 fully saturated rings. The highest BCUT2D eigenvalue weighted by Gasteiger charge is 2.26. The van der Waals surface area contributed by atoms with E-state index in [0.29, 0.717) is 22.6 Å². The number of carbonyl (C=O) groups excluding carboxylic acids is 2. The molecule has 0 aliphatic carbocycles. The molecule has 1 aliphatic rings. The Morgan fingerprint density at radius 3 is 2.82 bits per heavy atom. The maximum atomic E-state index is 12.5. The van der Waals surface area contributed by atoms with Crippen molar-refractivity contribution < 1.29 is 9.59 Å². The van der Waals surface area contributed by atoms with Gasteiger partial charge >= 0.3 is 0 Å². The predicted molar refractivity (Wildman–Crippen MR) is 131 cm³/mol. The van der Waals surface area contributed by atoms with E-state index in [1.165, 1.54) is 11.3 Å². The molecule has 0 atom stereocenters. The first-order chi connectivity index (χ1) is 16.4. The number of nitrogens with zero attached hydrogens (tertiary/aromatic N) is 5. The lowest BCUT2D eigenvalue weighted by molar-refractivity contribution is -0.121. The Hall–Kier alpha value is -3.92. The number of fused-ring (bicyclic) bond motifs is 2. The summed E-state index contributed by atoms with van der Waals surface area (Å²) in [6.45, 7) is 4.24. The molecule has 0 saturated carbocycles. The standard InChI is InChI=1S/C24H22N6O3S/c1-14(2)22(32)29-10-9-16-11-15(7-8-20(16)29)19-13-34-24(25-19)26-21(31)12-30-23(33)17-5-3-4-6-18(17)27-28-30/h3-8,11,13-14H,9-10,12H2,1-2H3,(H,25,26,31). The van der Waals surface area contributed by atoms with Crippen molar-refractivity contribution >= 4 is 44.9 Å². The van der Waals surface area contributed by atoms with Gasteiger partial charge in [-0.3, -0.25) is 14.4 Å². The van der Waals surface area contributed by atoms with Gasteiger partial charge in [-0.05, 0) is 36.2 Å². The summed E-state index contributed by atoms with van der Waals surface area (Å²) in [6, 6.07) is 12.8. The van der Waals surface area contributed by atoms with Crippen molar-refractivity contribution in [3.63, 3.8) is 0 Å². The van der Waals surface area contributed by atoms with Crippen molar-refractivity contribution in [2.24, 2.45) is 5.92 Å². The van der Waals surface area contributed by atoms with Gasteiger partial charge in [-0.2, -0.15) is 0 Å². The Kier molecular flexibility index (Phi) is 5.66. The van der Waals surface area contributed by atoms with Crippen molar-refractivity contribution in [3.05, 3.63) is 63.8 Å². The smallest absolute Gasteiger partial charge is 0.278 e. The summed E-state index contributed by atoms with van der Waals surface area (Å²) in [5, 5.41) is 13.3. The summed E-state index contributed by atoms with van der Waals surface area (Å²) in [5.74, 6) is -0.337. The average molecular weight is 475 g/mol. The van der Waals surface area contributed by atoms with Crippen molar-refractivity contribution in [1.29, 1.82) is 0 Å². The van der Waals surface area contributed by atoms with Gasteiger partial charge in [0.25, 0.3) is 5.56 Å². The molecule has 0 unspecified atom stereocenters. The highest BCUT2D eigenvalue weighted by atomic mass is 32.1. The molecule has 0 saturated heterocycles. The van der Waals surface area contributed by atoms with E-state index in [0.717, 1.165) is 33.6 Å². The van der Waals surface area contributed by atoms with Crippen LogP contribution < -0.4 is 15.8 Å². The molecule has 10 heteroatoms. The maximum Gasteiger partial charge on any atom is 0.278 e. The summed E-state index contributed by atoms with van der Waals surface area (Å²) < 4.78 is 1.04. The number of carbonyl (C=O) groups is 2. The Morgan fingerprint density at radius 1 is 1.18 bits per heavy atom. The van der Waals surface area contributed by atoms with Crippen LogP contribution in [-0.4, -0.2) is 38.3 Å². The molecule has 5 rings (SSSR count). The third kappa shape index (κ3) is 4.08. The fourth-order valence-corrected chi connectivity index (χ4v) is 4.72. The van der Waals surface area contributed by atoms with Gasteiger partial charge in [0.1, 0.15) is 12.1 Å². The van der Waals surface area contributed by atoms with Crippen LogP contribution in [0.4, 0.5) is 10.8 Å². The van der Waals surface area contributed by atoms with E-state index in [1.54, 1.807) is 24.3 Å². The number of hydrogen-bond acceptors (Lipinski definition) is 7. The van der Waals surface area contributed by atoms with Crippen molar-refractivity contribution in [3.8, 4) is 11.3 Å². The van der Waals surface area contributed by atoms with Crippen LogP contribution in [0.1, 0.15) is 19.4 Å². The quantitative estimate of drug-likeness (QED) is 0.476. The Balaban J connectivity index is 1.29. The van der Waals surface area contributed by atoms with Crippen LogP contribution in [0.25, 0.3) is 22.2 Å². The van der Waals surface area contributed by atoms with Gasteiger partial charge in [0.15, 0.2) is 5.13 Å². The van der Waals surface area contributed by atoms with Crippen LogP contribution in [0.2, 0.25) is 0 Å². The molecule has 0 bridgehead atoms. The topological polar surface area (TPSA) is 110 Å². The van der Waals surface area contributed by atoms with E-state index in [-0.39, 0.29) is 23.9 Å². The second-order valence-electron chi connectivity index (χ2n) is 8.39. The normalized spacial score (nSPS) is 12.9. The molecule has 34 heavy (non-hydrogen) atoms. The Bertz CT molecular complexity index is 1480. The van der Waals surface area contributed by atoms with Crippen LogP contribution in [0.5, 0.6) is 0 Å². The minimum absolute atomic E-state index is 0.0493. The first-order valence-electron chi connectivity index (χ1n) is 10.9. The largest absolute Gasteiger partial charge is 0.312 e. The molecule has 4 aromatic rings. The number of nitrogens with one attached hydrogen (secondary N) is 1. The third-order valence-corrected chi connectivity index (χ3v) is 6.46. The summed E-state index contributed by atoms with van der Waals surface area (Å²) >= 11 is 1.30. The van der Waals surface area contributed by atoms with Gasteiger partial charge in [-0.15, -0.1) is 16.4 Å². The molecule has 2 amide bonds. The summed E-state index contributed by atoms with van der Waals surface area (Å²) in [6.07, 6.45) is 0.802. The first-order valence-corrected chi connectivity index (χ1v) is 11.8. The Labute approximate surface area is 199 Å². The summed E-state index contributed by atoms with van der Waals surface area (Å²) in [7, 11) is 0. The highest BCUT2D eigenvalue weighted by molar-refractivity contribution is 7.14. The minimum atomic E-state index is -0.413. The number of hydrogen-bond donors (Lipinski definition) is 1. The molecule has 1 aliphatic heterocycles. The van der Waals surface area contributed by atoms with Crippen molar-refractivity contribution in [2.45, 2.75) is 26.8 Å². The first kappa shape index (κ1) is 21.9. The monoisotopic (exact) mass is 474 g/mol. The van der Waals surface area contributed by atoms with Crippen LogP contribution >= 0.6 is 11.3 Å². The molecule has 3 heterocycles. The maximum absolute atomic E-state index is 12.5. The van der Waals surface area contributed by atoms with Gasteiger partial charge < -0.3 is 10.2 Å². The Morgan fingerprint density at radius 2 is 2.00 bits per heavy atom. The van der Waals surface area contributed by atoms with Crippen molar-refractivity contribution in [2.75, 3.05) is 16.8 Å². The van der Waals surface area contributed by atoms with Crippen molar-refractivity contribution in [1.82, 2.24) is 20.0 Å². The molecular weight excluding hydrogens is 452 g/mol. The summed E-state index contributed by atoms with van der Waals surface area (Å²) in [4.78, 5) is 43.9. The van der Waals surface area contributed by atoms with Crippen LogP contribution in [0.15, 0.2) is 52.6 Å². The van der Waals surface area contributed by atoms with Gasteiger partial charge in [-0.25, -0.2) is 9.67 Å². The second-order valence-corrected chi connectivity index (χ2v) is 9.25. The fourth-order valence-electron chi connectivity index (χ4n) is 3.99. The zero-order chi connectivity index (χ0) is 23.8. The number of amides is 2. The highest BCUT2D eigenvalue weighted by Crippen LogP contribution is 2.34. The molecule has 0 radical (unpaired) electrons. The zero-order valence-electron chi connectivity index (χ0n) is 18.7. The molecule has 2 aromatic carbocycles. The number of aromatic nitrogens is 4. The predicted octanol–water partition coefficient (Wildman–Crippen LogP) is 3.10. The summed E-state index contributed by atoms with van der Waals surface area (Å²) in [5.41, 5.74) is 3.83. The molecule has 9 nitrogen and oxygen atoms in total. The molecule has 172 valence electrons. The van der Waals surface area contributed by atoms with Gasteiger partial charge in [-0.1, -0.05) is 37.3 Å². The van der Waals surface area contributed by atoms with E-state index in [9.17, 15) is 14.4 Å².